The van der Waals surface area contributed by atoms with Crippen LogP contribution in [0.2, 0.25) is 0 Å². The summed E-state index contributed by atoms with van der Waals surface area (Å²) in [5, 5.41) is 42.8. The number of aliphatic hydroxyl groups is 3. The molecule has 41 heavy (non-hydrogen) atoms. The van der Waals surface area contributed by atoms with Crippen LogP contribution >= 0.6 is 0 Å². The highest BCUT2D eigenvalue weighted by molar-refractivity contribution is 5.98. The summed E-state index contributed by atoms with van der Waals surface area (Å²) in [5.41, 5.74) is -0.762. The lowest BCUT2D eigenvalue weighted by atomic mass is 9.94. The average molecular weight is 578 g/mol. The van der Waals surface area contributed by atoms with Gasteiger partial charge >= 0.3 is 11.9 Å². The van der Waals surface area contributed by atoms with Crippen LogP contribution in [0.25, 0.3) is 10.9 Å². The van der Waals surface area contributed by atoms with Gasteiger partial charge in [-0.3, -0.25) is 4.79 Å². The van der Waals surface area contributed by atoms with Crippen molar-refractivity contribution in [2.45, 2.75) is 68.5 Å². The van der Waals surface area contributed by atoms with Gasteiger partial charge in [0.2, 0.25) is 11.7 Å². The van der Waals surface area contributed by atoms with Crippen LogP contribution < -0.4 is 20.4 Å². The van der Waals surface area contributed by atoms with Crippen LogP contribution in [0.4, 0.5) is 10.1 Å². The number of hydrogen-bond donors (Lipinski definition) is 5. The zero-order valence-corrected chi connectivity index (χ0v) is 22.2. The molecule has 7 atom stereocenters. The van der Waals surface area contributed by atoms with Crippen LogP contribution in [0.3, 0.4) is 0 Å². The van der Waals surface area contributed by atoms with E-state index in [0.717, 1.165) is 38.3 Å². The summed E-state index contributed by atoms with van der Waals surface area (Å²) in [6, 6.07) is 1.22. The number of carboxylic acids is 1. The highest BCUT2D eigenvalue weighted by Crippen LogP contribution is 2.45. The van der Waals surface area contributed by atoms with Gasteiger partial charge in [-0.15, -0.1) is 0 Å². The Morgan fingerprint density at radius 3 is 2.54 bits per heavy atom. The highest BCUT2D eigenvalue weighted by atomic mass is 19.1. The number of carbonyl (C=O) groups excluding carboxylic acids is 1. The van der Waals surface area contributed by atoms with Crippen LogP contribution in [0.1, 0.15) is 42.1 Å². The molecule has 14 heteroatoms. The maximum atomic E-state index is 15.8. The lowest BCUT2D eigenvalue weighted by Gasteiger charge is -2.37. The minimum atomic E-state index is -2.00. The first-order valence-corrected chi connectivity index (χ1v) is 13.7. The quantitative estimate of drug-likeness (QED) is 0.284. The number of hydrogen-bond acceptors (Lipinski definition) is 11. The fraction of sp³-hybridized carbons (Fsp3) is 0.593. The molecule has 0 spiro atoms. The monoisotopic (exact) mass is 577 g/mol. The van der Waals surface area contributed by atoms with Crippen molar-refractivity contribution in [3.8, 4) is 5.75 Å². The predicted molar refractivity (Wildman–Crippen MR) is 139 cm³/mol. The number of esters is 1. The van der Waals surface area contributed by atoms with Gasteiger partial charge in [-0.25, -0.2) is 14.0 Å². The van der Waals surface area contributed by atoms with E-state index in [1.807, 2.05) is 4.90 Å². The molecule has 13 nitrogen and oxygen atoms in total. The summed E-state index contributed by atoms with van der Waals surface area (Å²) >= 11 is 0. The Kier molecular flexibility index (Phi) is 7.14. The number of pyridine rings is 1. The molecule has 7 unspecified atom stereocenters. The molecule has 0 radical (unpaired) electrons. The predicted octanol–water partition coefficient (Wildman–Crippen LogP) is -0.279. The molecule has 2 aromatic rings. The van der Waals surface area contributed by atoms with E-state index in [1.54, 1.807) is 4.57 Å². The number of ether oxygens (including phenoxy) is 3. The van der Waals surface area contributed by atoms with Crippen LogP contribution in [0.15, 0.2) is 17.1 Å². The first kappa shape index (κ1) is 27.8. The maximum absolute atomic E-state index is 15.8. The second-order valence-corrected chi connectivity index (χ2v) is 11.2. The first-order chi connectivity index (χ1) is 19.6. The second-order valence-electron chi connectivity index (χ2n) is 11.2. The number of benzene rings is 1. The number of fused-ring (bicyclic) bond motifs is 2. The van der Waals surface area contributed by atoms with E-state index in [-0.39, 0.29) is 28.9 Å². The average Bonchev–Trinajstić information content (AvgIpc) is 3.70. The molecule has 4 heterocycles. The lowest BCUT2D eigenvalue weighted by molar-refractivity contribution is -0.278. The van der Waals surface area contributed by atoms with Gasteiger partial charge in [0.1, 0.15) is 29.6 Å². The van der Waals surface area contributed by atoms with E-state index >= 15 is 4.39 Å². The summed E-state index contributed by atoms with van der Waals surface area (Å²) in [6.45, 7) is 2.13. The van der Waals surface area contributed by atoms with E-state index in [9.17, 15) is 34.8 Å². The van der Waals surface area contributed by atoms with Crippen molar-refractivity contribution in [1.29, 1.82) is 0 Å². The highest BCUT2D eigenvalue weighted by Gasteiger charge is 2.49. The van der Waals surface area contributed by atoms with Gasteiger partial charge in [0.15, 0.2) is 17.7 Å². The largest absolute Gasteiger partial charge is 0.492 e. The molecule has 6 rings (SSSR count). The van der Waals surface area contributed by atoms with Crippen molar-refractivity contribution in [3.05, 3.63) is 33.9 Å². The molecule has 5 N–H and O–H groups in total. The molecule has 1 aromatic heterocycles. The molecule has 0 bridgehead atoms. The first-order valence-electron chi connectivity index (χ1n) is 13.7. The minimum absolute atomic E-state index is 0.0930. The van der Waals surface area contributed by atoms with Gasteiger partial charge in [0.25, 0.3) is 0 Å². The number of nitrogens with one attached hydrogen (secondary N) is 1. The Balaban J connectivity index is 1.39. The summed E-state index contributed by atoms with van der Waals surface area (Å²) < 4.78 is 33.4. The number of carbonyl (C=O) groups is 2. The summed E-state index contributed by atoms with van der Waals surface area (Å²) in [7, 11) is 1.41. The number of rotatable bonds is 6. The zero-order valence-electron chi connectivity index (χ0n) is 22.2. The van der Waals surface area contributed by atoms with E-state index in [0.29, 0.717) is 24.5 Å². The molecule has 3 saturated heterocycles. The number of carboxylic acid groups (broad SMARTS) is 1. The van der Waals surface area contributed by atoms with Gasteiger partial charge in [-0.05, 0) is 44.2 Å². The van der Waals surface area contributed by atoms with Gasteiger partial charge in [0.05, 0.1) is 18.0 Å². The van der Waals surface area contributed by atoms with Gasteiger partial charge in [0, 0.05) is 31.4 Å². The molecule has 3 aliphatic heterocycles. The topological polar surface area (TPSA) is 180 Å². The van der Waals surface area contributed by atoms with E-state index < -0.39 is 59.5 Å². The Hall–Kier alpha value is -3.30. The molecule has 1 saturated carbocycles. The number of aliphatic hydroxyl groups excluding tert-OH is 3. The van der Waals surface area contributed by atoms with Crippen LogP contribution in [0, 0.1) is 11.7 Å². The van der Waals surface area contributed by atoms with Crippen LogP contribution in [-0.4, -0.2) is 100 Å². The molecule has 0 amide bonds. The maximum Gasteiger partial charge on any atom is 0.346 e. The molecule has 4 aliphatic rings. The number of nitrogens with zero attached hydrogens (tertiary/aromatic N) is 2. The van der Waals surface area contributed by atoms with Crippen molar-refractivity contribution in [2.24, 2.45) is 5.92 Å². The van der Waals surface area contributed by atoms with Crippen molar-refractivity contribution in [1.82, 2.24) is 9.88 Å². The molecule has 1 aliphatic carbocycles. The molecule has 222 valence electrons. The Bertz CT molecular complexity index is 1430. The van der Waals surface area contributed by atoms with E-state index in [4.69, 9.17) is 14.2 Å². The third-order valence-electron chi connectivity index (χ3n) is 8.51. The minimum Gasteiger partial charge on any atom is -0.492 e. The smallest absolute Gasteiger partial charge is 0.346 e. The molecular weight excluding hydrogens is 545 g/mol. The number of methoxy groups -OCH3 is 1. The number of aromatic nitrogens is 1. The number of anilines is 1. The Labute approximate surface area is 233 Å². The fourth-order valence-electron chi connectivity index (χ4n) is 6.26. The normalized spacial score (nSPS) is 31.6. The Morgan fingerprint density at radius 2 is 1.88 bits per heavy atom. The molecular formula is C27H32FN3O10. The van der Waals surface area contributed by atoms with Gasteiger partial charge in [-0.1, -0.05) is 0 Å². The standard InChI is InChI=1S/C27H32FN3O10/c1-39-23-17-13(7-15(28)18(23)30-8-11-3-2-6-29-16(11)10-30)19(32)14(9-31(17)12-4-5-12)26(38)41-27-22(35)20(33)21(34)24(40-27)25(36)37/h7,9,11-12,16,20-22,24,27,29,33-35H,2-6,8,10H2,1H3,(H,36,37). The van der Waals surface area contributed by atoms with Gasteiger partial charge < -0.3 is 49.4 Å². The molecule has 1 aromatic carbocycles. The van der Waals surface area contributed by atoms with Gasteiger partial charge in [-0.2, -0.15) is 0 Å². The van der Waals surface area contributed by atoms with Crippen LogP contribution in [0.5, 0.6) is 5.75 Å². The van der Waals surface area contributed by atoms with Crippen LogP contribution in [-0.2, 0) is 14.3 Å². The summed E-state index contributed by atoms with van der Waals surface area (Å²) in [5.74, 6) is -3.05. The summed E-state index contributed by atoms with van der Waals surface area (Å²) in [6.07, 6.45) is -5.10. The van der Waals surface area contributed by atoms with Crippen molar-refractivity contribution in [2.75, 3.05) is 31.6 Å². The zero-order chi connectivity index (χ0) is 29.2. The SMILES string of the molecule is COc1c(N2CC3CCCNC3C2)c(F)cc2c(=O)c(C(=O)OC3OC(C(=O)O)C(O)C(O)C3O)cn(C3CC3)c12. The molecule has 4 fully saturated rings. The number of aliphatic carboxylic acids is 1. The van der Waals surface area contributed by atoms with Crippen molar-refractivity contribution in [3.63, 3.8) is 0 Å². The van der Waals surface area contributed by atoms with Crippen molar-refractivity contribution < 1.29 is 48.6 Å². The van der Waals surface area contributed by atoms with Crippen molar-refractivity contribution >= 4 is 28.5 Å². The Morgan fingerprint density at radius 1 is 1.12 bits per heavy atom. The lowest BCUT2D eigenvalue weighted by Crippen LogP contribution is -2.60. The third kappa shape index (κ3) is 4.73. The van der Waals surface area contributed by atoms with E-state index in [1.165, 1.54) is 13.3 Å². The van der Waals surface area contributed by atoms with E-state index in [2.05, 4.69) is 5.32 Å². The number of piperidine rings is 1. The number of halogens is 1. The fourth-order valence-corrected chi connectivity index (χ4v) is 6.26. The second kappa shape index (κ2) is 10.5. The third-order valence-corrected chi connectivity index (χ3v) is 8.51. The summed E-state index contributed by atoms with van der Waals surface area (Å²) in [4.78, 5) is 40.1.